The molecule has 1 aliphatic rings. The number of likely N-dealkylation sites (tertiary alicyclic amines) is 1. The quantitative estimate of drug-likeness (QED) is 0.627. The molecule has 0 atom stereocenters. The predicted octanol–water partition coefficient (Wildman–Crippen LogP) is 1.47. The van der Waals surface area contributed by atoms with Gasteiger partial charge in [-0.25, -0.2) is 8.78 Å². The van der Waals surface area contributed by atoms with E-state index in [1.54, 1.807) is 11.0 Å². The van der Waals surface area contributed by atoms with Crippen LogP contribution in [0.2, 0.25) is 0 Å². The maximum atomic E-state index is 12.6. The van der Waals surface area contributed by atoms with Crippen LogP contribution in [0.4, 0.5) is 8.78 Å². The van der Waals surface area contributed by atoms with E-state index in [0.717, 1.165) is 0 Å². The lowest BCUT2D eigenvalue weighted by molar-refractivity contribution is -0.112. The third kappa shape index (κ3) is 3.63. The molecule has 0 aromatic carbocycles. The molecule has 1 aliphatic heterocycles. The van der Waals surface area contributed by atoms with Crippen LogP contribution in [0, 0.1) is 0 Å². The van der Waals surface area contributed by atoms with Crippen LogP contribution in [0.5, 0.6) is 0 Å². The van der Waals surface area contributed by atoms with E-state index in [-0.39, 0.29) is 18.7 Å². The first-order valence-corrected chi connectivity index (χ1v) is 4.27. The fourth-order valence-electron chi connectivity index (χ4n) is 1.33. The lowest BCUT2D eigenvalue weighted by Crippen LogP contribution is -2.25. The monoisotopic (exact) mass is 189 g/mol. The van der Waals surface area contributed by atoms with Crippen LogP contribution in [-0.2, 0) is 4.79 Å². The Balaban J connectivity index is 2.29. The Morgan fingerprint density at radius 3 is 2.77 bits per heavy atom. The second kappa shape index (κ2) is 3.96. The molecular formula is C9H13F2NO. The summed E-state index contributed by atoms with van der Waals surface area (Å²) in [7, 11) is 0. The standard InChI is InChI=1S/C9H13F2NO/c1-8(13)3-2-5-12-6-4-9(10,11)7-12/h2-3H,4-7H2,1H3/b3-2+. The molecule has 0 saturated carbocycles. The highest BCUT2D eigenvalue weighted by molar-refractivity contribution is 5.87. The summed E-state index contributed by atoms with van der Waals surface area (Å²) in [6, 6.07) is 0. The van der Waals surface area contributed by atoms with Crippen molar-refractivity contribution in [3.8, 4) is 0 Å². The van der Waals surface area contributed by atoms with Gasteiger partial charge in [-0.2, -0.15) is 0 Å². The Labute approximate surface area is 76.2 Å². The molecule has 0 radical (unpaired) electrons. The second-order valence-electron chi connectivity index (χ2n) is 3.35. The van der Waals surface area contributed by atoms with E-state index in [4.69, 9.17) is 0 Å². The summed E-state index contributed by atoms with van der Waals surface area (Å²) in [6.45, 7) is 2.11. The van der Waals surface area contributed by atoms with Crippen LogP contribution in [0.3, 0.4) is 0 Å². The van der Waals surface area contributed by atoms with Crippen molar-refractivity contribution in [3.63, 3.8) is 0 Å². The molecule has 2 nitrogen and oxygen atoms in total. The minimum Gasteiger partial charge on any atom is -0.295 e. The van der Waals surface area contributed by atoms with Gasteiger partial charge in [0, 0.05) is 19.5 Å². The highest BCUT2D eigenvalue weighted by atomic mass is 19.3. The number of carbonyl (C=O) groups is 1. The third-order valence-electron chi connectivity index (χ3n) is 1.96. The van der Waals surface area contributed by atoms with Crippen molar-refractivity contribution in [2.24, 2.45) is 0 Å². The topological polar surface area (TPSA) is 20.3 Å². The summed E-state index contributed by atoms with van der Waals surface area (Å²) in [4.78, 5) is 12.1. The zero-order chi connectivity index (χ0) is 9.90. The highest BCUT2D eigenvalue weighted by Gasteiger charge is 2.37. The first-order valence-electron chi connectivity index (χ1n) is 4.27. The SMILES string of the molecule is CC(=O)/C=C/CN1CCC(F)(F)C1. The van der Waals surface area contributed by atoms with E-state index in [9.17, 15) is 13.6 Å². The van der Waals surface area contributed by atoms with E-state index < -0.39 is 5.92 Å². The molecule has 0 bridgehead atoms. The zero-order valence-corrected chi connectivity index (χ0v) is 7.59. The van der Waals surface area contributed by atoms with E-state index in [0.29, 0.717) is 13.1 Å². The van der Waals surface area contributed by atoms with Gasteiger partial charge < -0.3 is 0 Å². The summed E-state index contributed by atoms with van der Waals surface area (Å²) in [5, 5.41) is 0. The van der Waals surface area contributed by atoms with Gasteiger partial charge in [0.1, 0.15) is 0 Å². The molecule has 13 heavy (non-hydrogen) atoms. The van der Waals surface area contributed by atoms with Crippen molar-refractivity contribution in [3.05, 3.63) is 12.2 Å². The molecule has 0 N–H and O–H groups in total. The van der Waals surface area contributed by atoms with E-state index in [1.165, 1.54) is 13.0 Å². The van der Waals surface area contributed by atoms with Crippen molar-refractivity contribution < 1.29 is 13.6 Å². The highest BCUT2D eigenvalue weighted by Crippen LogP contribution is 2.26. The van der Waals surface area contributed by atoms with Crippen molar-refractivity contribution in [1.82, 2.24) is 4.90 Å². The minimum absolute atomic E-state index is 0.0500. The Bertz CT molecular complexity index is 226. The lowest BCUT2D eigenvalue weighted by Gasteiger charge is -2.12. The number of hydrogen-bond donors (Lipinski definition) is 0. The van der Waals surface area contributed by atoms with Crippen molar-refractivity contribution in [1.29, 1.82) is 0 Å². The molecule has 0 amide bonds. The molecule has 1 saturated heterocycles. The molecular weight excluding hydrogens is 176 g/mol. The number of carbonyl (C=O) groups excluding carboxylic acids is 1. The Kier molecular flexibility index (Phi) is 3.14. The maximum absolute atomic E-state index is 12.6. The summed E-state index contributed by atoms with van der Waals surface area (Å²) in [6.07, 6.45) is 2.97. The lowest BCUT2D eigenvalue weighted by atomic mass is 10.3. The molecule has 0 aromatic heterocycles. The van der Waals surface area contributed by atoms with Crippen molar-refractivity contribution >= 4 is 5.78 Å². The van der Waals surface area contributed by atoms with Gasteiger partial charge >= 0.3 is 0 Å². The van der Waals surface area contributed by atoms with Gasteiger partial charge in [-0.3, -0.25) is 9.69 Å². The summed E-state index contributed by atoms with van der Waals surface area (Å²) in [5.41, 5.74) is 0. The smallest absolute Gasteiger partial charge is 0.261 e. The van der Waals surface area contributed by atoms with E-state index in [1.807, 2.05) is 0 Å². The number of hydrogen-bond acceptors (Lipinski definition) is 2. The van der Waals surface area contributed by atoms with Gasteiger partial charge in [-0.1, -0.05) is 6.08 Å². The van der Waals surface area contributed by atoms with Crippen LogP contribution < -0.4 is 0 Å². The van der Waals surface area contributed by atoms with Crippen LogP contribution in [0.15, 0.2) is 12.2 Å². The average Bonchev–Trinajstić information content (AvgIpc) is 2.29. The van der Waals surface area contributed by atoms with Gasteiger partial charge in [-0.05, 0) is 13.0 Å². The number of nitrogens with zero attached hydrogens (tertiary/aromatic N) is 1. The van der Waals surface area contributed by atoms with E-state index >= 15 is 0 Å². The van der Waals surface area contributed by atoms with Crippen LogP contribution >= 0.6 is 0 Å². The Hall–Kier alpha value is -0.770. The predicted molar refractivity (Wildman–Crippen MR) is 45.8 cm³/mol. The number of alkyl halides is 2. The van der Waals surface area contributed by atoms with Gasteiger partial charge in [0.2, 0.25) is 0 Å². The number of halogens is 2. The fraction of sp³-hybridized carbons (Fsp3) is 0.667. The summed E-state index contributed by atoms with van der Waals surface area (Å²) in [5.74, 6) is -2.59. The van der Waals surface area contributed by atoms with Crippen LogP contribution in [-0.4, -0.2) is 36.2 Å². The molecule has 0 unspecified atom stereocenters. The fourth-order valence-corrected chi connectivity index (χ4v) is 1.33. The third-order valence-corrected chi connectivity index (χ3v) is 1.96. The maximum Gasteiger partial charge on any atom is 0.261 e. The molecule has 0 aromatic rings. The van der Waals surface area contributed by atoms with Gasteiger partial charge in [0.15, 0.2) is 5.78 Å². The van der Waals surface area contributed by atoms with E-state index in [2.05, 4.69) is 0 Å². The van der Waals surface area contributed by atoms with Gasteiger partial charge in [-0.15, -0.1) is 0 Å². The average molecular weight is 189 g/mol. The summed E-state index contributed by atoms with van der Waals surface area (Å²) >= 11 is 0. The Morgan fingerprint density at radius 1 is 1.62 bits per heavy atom. The number of allylic oxidation sites excluding steroid dienone is 1. The number of ketones is 1. The first kappa shape index (κ1) is 10.3. The molecule has 74 valence electrons. The normalized spacial score (nSPS) is 22.7. The molecule has 0 spiro atoms. The largest absolute Gasteiger partial charge is 0.295 e. The van der Waals surface area contributed by atoms with Crippen LogP contribution in [0.25, 0.3) is 0 Å². The Morgan fingerprint density at radius 2 is 2.31 bits per heavy atom. The second-order valence-corrected chi connectivity index (χ2v) is 3.35. The van der Waals surface area contributed by atoms with Gasteiger partial charge in [0.05, 0.1) is 6.54 Å². The molecule has 1 fully saturated rings. The molecule has 1 heterocycles. The molecule has 1 rings (SSSR count). The molecule has 4 heteroatoms. The van der Waals surface area contributed by atoms with Gasteiger partial charge in [0.25, 0.3) is 5.92 Å². The molecule has 0 aliphatic carbocycles. The van der Waals surface area contributed by atoms with Crippen molar-refractivity contribution in [2.75, 3.05) is 19.6 Å². The summed E-state index contributed by atoms with van der Waals surface area (Å²) < 4.78 is 25.3. The van der Waals surface area contributed by atoms with Crippen molar-refractivity contribution in [2.45, 2.75) is 19.3 Å². The zero-order valence-electron chi connectivity index (χ0n) is 7.59. The first-order chi connectivity index (χ1) is 5.99. The number of rotatable bonds is 3. The minimum atomic E-state index is -2.54. The van der Waals surface area contributed by atoms with Crippen LogP contribution in [0.1, 0.15) is 13.3 Å².